The molecule has 0 unspecified atom stereocenters. The molecule has 0 aliphatic rings. The second kappa shape index (κ2) is 13.4. The Bertz CT molecular complexity index is 1610. The molecule has 0 spiro atoms. The van der Waals surface area contributed by atoms with E-state index in [4.69, 9.17) is 14.2 Å². The molecule has 0 saturated carbocycles. The summed E-state index contributed by atoms with van der Waals surface area (Å²) in [4.78, 5) is 12.7. The van der Waals surface area contributed by atoms with Crippen LogP contribution in [-0.4, -0.2) is 41.3 Å². The molecular formula is C30H28FN3O6S. The maximum absolute atomic E-state index is 13.7. The van der Waals surface area contributed by atoms with Gasteiger partial charge in [-0.25, -0.2) is 18.2 Å². The molecule has 0 saturated heterocycles. The number of ether oxygens (including phenoxy) is 3. The van der Waals surface area contributed by atoms with Gasteiger partial charge in [0.15, 0.2) is 11.5 Å². The SMILES string of the molecule is COc1ccc(S(=O)(=O)N(CC(=O)N/N=C\c2ccccc2OCc2ccccc2)c2ccc(F)cc2)cc1OC. The lowest BCUT2D eigenvalue weighted by Crippen LogP contribution is -2.39. The summed E-state index contributed by atoms with van der Waals surface area (Å²) in [5.74, 6) is -0.204. The fraction of sp³-hybridized carbons (Fsp3) is 0.133. The van der Waals surface area contributed by atoms with Crippen molar-refractivity contribution in [2.24, 2.45) is 5.10 Å². The first-order valence-electron chi connectivity index (χ1n) is 12.4. The zero-order valence-electron chi connectivity index (χ0n) is 22.4. The Labute approximate surface area is 237 Å². The first kappa shape index (κ1) is 29.1. The van der Waals surface area contributed by atoms with Crippen molar-refractivity contribution in [2.75, 3.05) is 25.1 Å². The summed E-state index contributed by atoms with van der Waals surface area (Å²) in [6.07, 6.45) is 1.41. The second-order valence-corrected chi connectivity index (χ2v) is 10.5. The van der Waals surface area contributed by atoms with Crippen molar-refractivity contribution in [3.05, 3.63) is 114 Å². The normalized spacial score (nSPS) is 11.2. The van der Waals surface area contributed by atoms with Gasteiger partial charge in [-0.2, -0.15) is 5.10 Å². The van der Waals surface area contributed by atoms with Crippen LogP contribution >= 0.6 is 0 Å². The average Bonchev–Trinajstić information content (AvgIpc) is 3.00. The van der Waals surface area contributed by atoms with Crippen molar-refractivity contribution in [3.63, 3.8) is 0 Å². The van der Waals surface area contributed by atoms with E-state index in [1.54, 1.807) is 18.2 Å². The Kier molecular flexibility index (Phi) is 9.54. The third kappa shape index (κ3) is 7.40. The fourth-order valence-electron chi connectivity index (χ4n) is 3.82. The molecule has 4 aromatic rings. The van der Waals surface area contributed by atoms with Crippen molar-refractivity contribution < 1.29 is 31.8 Å². The van der Waals surface area contributed by atoms with Gasteiger partial charge in [0.2, 0.25) is 0 Å². The summed E-state index contributed by atoms with van der Waals surface area (Å²) in [6.45, 7) is -0.287. The molecule has 0 bridgehead atoms. The van der Waals surface area contributed by atoms with Crippen LogP contribution in [0, 0.1) is 5.82 Å². The van der Waals surface area contributed by atoms with E-state index < -0.39 is 28.3 Å². The number of amides is 1. The van der Waals surface area contributed by atoms with Gasteiger partial charge in [0.1, 0.15) is 24.7 Å². The van der Waals surface area contributed by atoms with Gasteiger partial charge in [0.25, 0.3) is 15.9 Å². The Morgan fingerprint density at radius 2 is 1.56 bits per heavy atom. The van der Waals surface area contributed by atoms with Crippen molar-refractivity contribution >= 4 is 27.8 Å². The van der Waals surface area contributed by atoms with Crippen LogP contribution < -0.4 is 23.9 Å². The van der Waals surface area contributed by atoms with Gasteiger partial charge in [-0.05, 0) is 54.1 Å². The lowest BCUT2D eigenvalue weighted by molar-refractivity contribution is -0.119. The molecule has 9 nitrogen and oxygen atoms in total. The number of nitrogens with zero attached hydrogens (tertiary/aromatic N) is 2. The predicted molar refractivity (Wildman–Crippen MR) is 153 cm³/mol. The highest BCUT2D eigenvalue weighted by atomic mass is 32.2. The minimum atomic E-state index is -4.29. The highest BCUT2D eigenvalue weighted by molar-refractivity contribution is 7.92. The number of sulfonamides is 1. The van der Waals surface area contributed by atoms with Crippen LogP contribution in [0.2, 0.25) is 0 Å². The number of hydrogen-bond acceptors (Lipinski definition) is 7. The fourth-order valence-corrected chi connectivity index (χ4v) is 5.26. The molecule has 0 fully saturated rings. The number of rotatable bonds is 12. The van der Waals surface area contributed by atoms with Gasteiger partial charge < -0.3 is 14.2 Å². The number of carbonyl (C=O) groups is 1. The van der Waals surface area contributed by atoms with Crippen LogP contribution in [0.5, 0.6) is 17.2 Å². The molecule has 1 N–H and O–H groups in total. The molecule has 0 aliphatic carbocycles. The molecule has 1 amide bonds. The smallest absolute Gasteiger partial charge is 0.264 e. The highest BCUT2D eigenvalue weighted by Crippen LogP contribution is 2.32. The highest BCUT2D eigenvalue weighted by Gasteiger charge is 2.28. The largest absolute Gasteiger partial charge is 0.493 e. The van der Waals surface area contributed by atoms with Gasteiger partial charge in [-0.3, -0.25) is 9.10 Å². The predicted octanol–water partition coefficient (Wildman–Crippen LogP) is 4.77. The van der Waals surface area contributed by atoms with E-state index in [2.05, 4.69) is 10.5 Å². The summed E-state index contributed by atoms with van der Waals surface area (Å²) < 4.78 is 58.1. The zero-order valence-corrected chi connectivity index (χ0v) is 23.2. The zero-order chi connectivity index (χ0) is 29.2. The van der Waals surface area contributed by atoms with Gasteiger partial charge >= 0.3 is 0 Å². The summed E-state index contributed by atoms with van der Waals surface area (Å²) >= 11 is 0. The number of anilines is 1. The minimum Gasteiger partial charge on any atom is -0.493 e. The van der Waals surface area contributed by atoms with Crippen molar-refractivity contribution in [1.29, 1.82) is 0 Å². The van der Waals surface area contributed by atoms with Gasteiger partial charge in [0.05, 0.1) is 31.0 Å². The van der Waals surface area contributed by atoms with E-state index in [1.165, 1.54) is 50.8 Å². The molecular weight excluding hydrogens is 549 g/mol. The molecule has 4 aromatic carbocycles. The Balaban J connectivity index is 1.52. The maximum Gasteiger partial charge on any atom is 0.264 e. The first-order valence-corrected chi connectivity index (χ1v) is 13.8. The first-order chi connectivity index (χ1) is 19.8. The van der Waals surface area contributed by atoms with Crippen LogP contribution in [-0.2, 0) is 21.4 Å². The Morgan fingerprint density at radius 1 is 0.878 bits per heavy atom. The molecule has 0 aliphatic heterocycles. The number of benzene rings is 4. The molecule has 0 atom stereocenters. The number of methoxy groups -OCH3 is 2. The topological polar surface area (TPSA) is 107 Å². The van der Waals surface area contributed by atoms with Crippen molar-refractivity contribution in [2.45, 2.75) is 11.5 Å². The number of halogens is 1. The van der Waals surface area contributed by atoms with Crippen molar-refractivity contribution in [1.82, 2.24) is 5.43 Å². The maximum atomic E-state index is 13.7. The van der Waals surface area contributed by atoms with E-state index in [0.717, 1.165) is 22.0 Å². The second-order valence-electron chi connectivity index (χ2n) is 8.61. The summed E-state index contributed by atoms with van der Waals surface area (Å²) in [6, 6.07) is 25.6. The number of hydrazone groups is 1. The Morgan fingerprint density at radius 3 is 2.27 bits per heavy atom. The third-order valence-corrected chi connectivity index (χ3v) is 7.66. The van der Waals surface area contributed by atoms with Crippen LogP contribution in [0.15, 0.2) is 107 Å². The quantitative estimate of drug-likeness (QED) is 0.192. The van der Waals surface area contributed by atoms with Crippen molar-refractivity contribution in [3.8, 4) is 17.2 Å². The summed E-state index contributed by atoms with van der Waals surface area (Å²) in [5.41, 5.74) is 4.04. The van der Waals surface area contributed by atoms with E-state index in [9.17, 15) is 17.6 Å². The van der Waals surface area contributed by atoms with Gasteiger partial charge in [-0.1, -0.05) is 42.5 Å². The van der Waals surface area contributed by atoms with Crippen LogP contribution in [0.3, 0.4) is 0 Å². The lowest BCUT2D eigenvalue weighted by atomic mass is 10.2. The minimum absolute atomic E-state index is 0.0833. The lowest BCUT2D eigenvalue weighted by Gasteiger charge is -2.24. The number of carbonyl (C=O) groups excluding carboxylic acids is 1. The van der Waals surface area contributed by atoms with E-state index in [-0.39, 0.29) is 16.3 Å². The molecule has 0 heterocycles. The van der Waals surface area contributed by atoms with Crippen LogP contribution in [0.1, 0.15) is 11.1 Å². The summed E-state index contributed by atoms with van der Waals surface area (Å²) in [7, 11) is -1.49. The van der Waals surface area contributed by atoms with Gasteiger partial charge in [0, 0.05) is 11.6 Å². The Hall–Kier alpha value is -4.90. The standard InChI is InChI=1S/C30H28FN3O6S/c1-38-28-17-16-26(18-29(28)39-2)41(36,37)34(25-14-12-24(31)13-15-25)20-30(35)33-32-19-23-10-6-7-11-27(23)40-21-22-8-4-3-5-9-22/h3-19H,20-21H2,1-2H3,(H,33,35)/b32-19-. The van der Waals surface area contributed by atoms with E-state index in [0.29, 0.717) is 23.7 Å². The molecule has 41 heavy (non-hydrogen) atoms. The molecule has 212 valence electrons. The monoisotopic (exact) mass is 577 g/mol. The van der Waals surface area contributed by atoms with E-state index >= 15 is 0 Å². The molecule has 0 radical (unpaired) electrons. The van der Waals surface area contributed by atoms with Gasteiger partial charge in [-0.15, -0.1) is 0 Å². The molecule has 4 rings (SSSR count). The number of hydrogen-bond donors (Lipinski definition) is 1. The third-order valence-electron chi connectivity index (χ3n) is 5.89. The molecule has 0 aromatic heterocycles. The van der Waals surface area contributed by atoms with Crippen LogP contribution in [0.4, 0.5) is 10.1 Å². The average molecular weight is 578 g/mol. The summed E-state index contributed by atoms with van der Waals surface area (Å²) in [5, 5.41) is 4.00. The molecule has 11 heteroatoms. The van der Waals surface area contributed by atoms with Crippen LogP contribution in [0.25, 0.3) is 0 Å². The number of nitrogens with one attached hydrogen (secondary N) is 1. The number of para-hydroxylation sites is 1. The van der Waals surface area contributed by atoms with E-state index in [1.807, 2.05) is 36.4 Å².